The van der Waals surface area contributed by atoms with Gasteiger partial charge in [0, 0.05) is 0 Å². The molecule has 1 amide bonds. The molecule has 0 aliphatic rings. The number of benzene rings is 2. The Bertz CT molecular complexity index is 694. The normalized spacial score (nSPS) is 13.3. The Morgan fingerprint density at radius 3 is 2.30 bits per heavy atom. The number of nitrogens with one attached hydrogen (secondary N) is 1. The number of amides is 1. The van der Waals surface area contributed by atoms with Gasteiger partial charge in [-0.15, -0.1) is 0 Å². The molecule has 0 bridgehead atoms. The van der Waals surface area contributed by atoms with E-state index in [1.807, 2.05) is 70.2 Å². The van der Waals surface area contributed by atoms with Crippen LogP contribution in [-0.4, -0.2) is 12.0 Å². The number of hydrogen-bond acceptors (Lipinski definition) is 2. The lowest BCUT2D eigenvalue weighted by molar-refractivity contribution is -0.127. The average Bonchev–Trinajstić information content (AvgIpc) is 2.52. The lowest BCUT2D eigenvalue weighted by Crippen LogP contribution is -2.38. The zero-order valence-electron chi connectivity index (χ0n) is 14.5. The van der Waals surface area contributed by atoms with Gasteiger partial charge >= 0.3 is 0 Å². The molecule has 2 aromatic rings. The lowest BCUT2D eigenvalue weighted by atomic mass is 10.0. The average molecular weight is 311 g/mol. The zero-order chi connectivity index (χ0) is 17.0. The fourth-order valence-electron chi connectivity index (χ4n) is 2.58. The second-order valence-electron chi connectivity index (χ2n) is 6.04. The molecule has 2 rings (SSSR count). The minimum atomic E-state index is -0.540. The van der Waals surface area contributed by atoms with E-state index in [9.17, 15) is 4.79 Å². The van der Waals surface area contributed by atoms with Crippen molar-refractivity contribution in [2.45, 2.75) is 46.8 Å². The van der Waals surface area contributed by atoms with E-state index in [0.29, 0.717) is 0 Å². The van der Waals surface area contributed by atoms with Crippen LogP contribution in [0, 0.1) is 20.8 Å². The van der Waals surface area contributed by atoms with Gasteiger partial charge in [-0.3, -0.25) is 4.79 Å². The van der Waals surface area contributed by atoms with Gasteiger partial charge < -0.3 is 10.1 Å². The molecule has 2 aromatic carbocycles. The molecular formula is C20H25NO2. The highest BCUT2D eigenvalue weighted by Gasteiger charge is 2.19. The molecule has 2 atom stereocenters. The van der Waals surface area contributed by atoms with Gasteiger partial charge in [-0.1, -0.05) is 36.4 Å². The first-order chi connectivity index (χ1) is 10.9. The Kier molecular flexibility index (Phi) is 5.43. The van der Waals surface area contributed by atoms with Crippen LogP contribution in [0.3, 0.4) is 0 Å². The van der Waals surface area contributed by atoms with Crippen molar-refractivity contribution in [3.05, 3.63) is 64.7 Å². The summed E-state index contributed by atoms with van der Waals surface area (Å²) >= 11 is 0. The zero-order valence-corrected chi connectivity index (χ0v) is 14.5. The Balaban J connectivity index is 2.03. The molecule has 0 radical (unpaired) electrons. The summed E-state index contributed by atoms with van der Waals surface area (Å²) in [6, 6.07) is 13.9. The third-order valence-electron chi connectivity index (χ3n) is 4.24. The number of ether oxygens (including phenoxy) is 1. The van der Waals surface area contributed by atoms with E-state index >= 15 is 0 Å². The molecule has 0 aliphatic carbocycles. The van der Waals surface area contributed by atoms with E-state index in [2.05, 4.69) is 5.32 Å². The highest BCUT2D eigenvalue weighted by atomic mass is 16.5. The molecule has 3 heteroatoms. The van der Waals surface area contributed by atoms with E-state index in [4.69, 9.17) is 4.74 Å². The molecule has 3 nitrogen and oxygen atoms in total. The Labute approximate surface area is 138 Å². The molecule has 0 saturated heterocycles. The Morgan fingerprint density at radius 1 is 0.957 bits per heavy atom. The van der Waals surface area contributed by atoms with Crippen molar-refractivity contribution in [2.24, 2.45) is 0 Å². The molecule has 0 heterocycles. The number of carbonyl (C=O) groups excluding carboxylic acids is 1. The third kappa shape index (κ3) is 4.13. The monoisotopic (exact) mass is 311 g/mol. The molecule has 2 unspecified atom stereocenters. The molecule has 0 spiro atoms. The fourth-order valence-corrected chi connectivity index (χ4v) is 2.58. The molecule has 0 saturated carbocycles. The van der Waals surface area contributed by atoms with Gasteiger partial charge in [0.15, 0.2) is 6.10 Å². The van der Waals surface area contributed by atoms with Gasteiger partial charge in [-0.25, -0.2) is 0 Å². The molecule has 122 valence electrons. The van der Waals surface area contributed by atoms with Crippen molar-refractivity contribution in [3.8, 4) is 5.75 Å². The maximum absolute atomic E-state index is 12.4. The van der Waals surface area contributed by atoms with Crippen LogP contribution >= 0.6 is 0 Å². The molecule has 0 fully saturated rings. The van der Waals surface area contributed by atoms with Crippen LogP contribution in [-0.2, 0) is 4.79 Å². The first-order valence-corrected chi connectivity index (χ1v) is 7.99. The van der Waals surface area contributed by atoms with Crippen molar-refractivity contribution in [1.29, 1.82) is 0 Å². The summed E-state index contributed by atoms with van der Waals surface area (Å²) in [5, 5.41) is 3.03. The van der Waals surface area contributed by atoms with E-state index in [1.54, 1.807) is 6.92 Å². The molecule has 0 aromatic heterocycles. The minimum Gasteiger partial charge on any atom is -0.481 e. The van der Waals surface area contributed by atoms with Crippen LogP contribution in [0.2, 0.25) is 0 Å². The van der Waals surface area contributed by atoms with Crippen LogP contribution in [0.5, 0.6) is 5.75 Å². The van der Waals surface area contributed by atoms with Crippen LogP contribution in [0.4, 0.5) is 0 Å². The van der Waals surface area contributed by atoms with Gasteiger partial charge in [0.1, 0.15) is 5.75 Å². The van der Waals surface area contributed by atoms with Crippen molar-refractivity contribution < 1.29 is 9.53 Å². The highest BCUT2D eigenvalue weighted by Crippen LogP contribution is 2.22. The van der Waals surface area contributed by atoms with Gasteiger partial charge in [-0.05, 0) is 62.9 Å². The van der Waals surface area contributed by atoms with Crippen molar-refractivity contribution in [3.63, 3.8) is 0 Å². The van der Waals surface area contributed by atoms with Gasteiger partial charge in [0.05, 0.1) is 6.04 Å². The standard InChI is InChI=1S/C20H25NO2/c1-13-10-8-12-19(15(13)3)23-17(5)20(22)21-16(4)18-11-7-6-9-14(18)2/h6-12,16-17H,1-5H3,(H,21,22). The van der Waals surface area contributed by atoms with Crippen LogP contribution < -0.4 is 10.1 Å². The second kappa shape index (κ2) is 7.32. The van der Waals surface area contributed by atoms with Crippen molar-refractivity contribution in [1.82, 2.24) is 5.32 Å². The summed E-state index contributed by atoms with van der Waals surface area (Å²) in [5.41, 5.74) is 4.52. The van der Waals surface area contributed by atoms with Crippen molar-refractivity contribution in [2.75, 3.05) is 0 Å². The summed E-state index contributed by atoms with van der Waals surface area (Å²) in [4.78, 5) is 12.4. The smallest absolute Gasteiger partial charge is 0.261 e. The van der Waals surface area contributed by atoms with E-state index in [-0.39, 0.29) is 11.9 Å². The predicted octanol–water partition coefficient (Wildman–Crippen LogP) is 4.26. The quantitative estimate of drug-likeness (QED) is 0.896. The van der Waals surface area contributed by atoms with Crippen LogP contribution in [0.15, 0.2) is 42.5 Å². The second-order valence-corrected chi connectivity index (χ2v) is 6.04. The molecular weight excluding hydrogens is 286 g/mol. The van der Waals surface area contributed by atoms with E-state index < -0.39 is 6.10 Å². The van der Waals surface area contributed by atoms with Crippen LogP contribution in [0.1, 0.15) is 42.1 Å². The van der Waals surface area contributed by atoms with Gasteiger partial charge in [-0.2, -0.15) is 0 Å². The van der Waals surface area contributed by atoms with Gasteiger partial charge in [0.25, 0.3) is 5.91 Å². The Morgan fingerprint density at radius 2 is 1.61 bits per heavy atom. The third-order valence-corrected chi connectivity index (χ3v) is 4.24. The molecule has 1 N–H and O–H groups in total. The first kappa shape index (κ1) is 17.1. The SMILES string of the molecule is Cc1ccccc1C(C)NC(=O)C(C)Oc1cccc(C)c1C. The van der Waals surface area contributed by atoms with Crippen molar-refractivity contribution >= 4 is 5.91 Å². The number of rotatable bonds is 5. The highest BCUT2D eigenvalue weighted by molar-refractivity contribution is 5.81. The maximum atomic E-state index is 12.4. The van der Waals surface area contributed by atoms with Gasteiger partial charge in [0.2, 0.25) is 0 Å². The lowest BCUT2D eigenvalue weighted by Gasteiger charge is -2.21. The molecule has 23 heavy (non-hydrogen) atoms. The summed E-state index contributed by atoms with van der Waals surface area (Å²) in [7, 11) is 0. The topological polar surface area (TPSA) is 38.3 Å². The molecule has 0 aliphatic heterocycles. The Hall–Kier alpha value is -2.29. The summed E-state index contributed by atoms with van der Waals surface area (Å²) < 4.78 is 5.84. The first-order valence-electron chi connectivity index (χ1n) is 7.99. The summed E-state index contributed by atoms with van der Waals surface area (Å²) in [6.45, 7) is 9.86. The van der Waals surface area contributed by atoms with E-state index in [1.165, 1.54) is 5.56 Å². The number of hydrogen-bond donors (Lipinski definition) is 1. The predicted molar refractivity (Wildman–Crippen MR) is 93.7 cm³/mol. The number of carbonyl (C=O) groups is 1. The fraction of sp³-hybridized carbons (Fsp3) is 0.350. The minimum absolute atomic E-state index is 0.0478. The summed E-state index contributed by atoms with van der Waals surface area (Å²) in [6.07, 6.45) is -0.540. The number of aryl methyl sites for hydroxylation is 2. The van der Waals surface area contributed by atoms with E-state index in [0.717, 1.165) is 22.4 Å². The maximum Gasteiger partial charge on any atom is 0.261 e. The summed E-state index contributed by atoms with van der Waals surface area (Å²) in [5.74, 6) is 0.651. The largest absolute Gasteiger partial charge is 0.481 e. The van der Waals surface area contributed by atoms with Crippen LogP contribution in [0.25, 0.3) is 0 Å².